The van der Waals surface area contributed by atoms with Crippen LogP contribution in [0.1, 0.15) is 6.92 Å². The first kappa shape index (κ1) is 12.4. The number of benzene rings is 1. The summed E-state index contributed by atoms with van der Waals surface area (Å²) in [5, 5.41) is 8.75. The number of aliphatic hydroxyl groups is 1. The Morgan fingerprint density at radius 3 is 2.67 bits per heavy atom. The molecule has 1 aromatic rings. The Kier molecular flexibility index (Phi) is 4.47. The van der Waals surface area contributed by atoms with Crippen molar-refractivity contribution in [2.24, 2.45) is 5.92 Å². The maximum atomic E-state index is 13.2. The van der Waals surface area contributed by atoms with E-state index in [9.17, 15) is 8.78 Å². The SMILES string of the molecule is CC(CO)COc1c(F)cc(F)cc1Br. The van der Waals surface area contributed by atoms with Crippen molar-refractivity contribution in [3.8, 4) is 5.75 Å². The summed E-state index contributed by atoms with van der Waals surface area (Å²) in [4.78, 5) is 0. The number of aliphatic hydroxyl groups excluding tert-OH is 1. The molecule has 1 N–H and O–H groups in total. The summed E-state index contributed by atoms with van der Waals surface area (Å²) in [7, 11) is 0. The standard InChI is InChI=1S/C10H11BrF2O2/c1-6(4-14)5-15-10-8(11)2-7(12)3-9(10)13/h2-3,6,14H,4-5H2,1H3. The molecule has 0 aliphatic heterocycles. The van der Waals surface area contributed by atoms with Crippen molar-refractivity contribution in [2.45, 2.75) is 6.92 Å². The molecule has 15 heavy (non-hydrogen) atoms. The zero-order chi connectivity index (χ0) is 11.4. The molecule has 0 saturated heterocycles. The van der Waals surface area contributed by atoms with Crippen molar-refractivity contribution >= 4 is 15.9 Å². The van der Waals surface area contributed by atoms with Crippen molar-refractivity contribution in [3.05, 3.63) is 28.2 Å². The zero-order valence-electron chi connectivity index (χ0n) is 8.14. The van der Waals surface area contributed by atoms with Crippen molar-refractivity contribution in [2.75, 3.05) is 13.2 Å². The molecule has 0 aliphatic rings. The van der Waals surface area contributed by atoms with E-state index in [1.807, 2.05) is 0 Å². The van der Waals surface area contributed by atoms with E-state index in [1.54, 1.807) is 6.92 Å². The molecule has 1 unspecified atom stereocenters. The highest BCUT2D eigenvalue weighted by Gasteiger charge is 2.12. The van der Waals surface area contributed by atoms with Gasteiger partial charge in [0.15, 0.2) is 11.6 Å². The maximum absolute atomic E-state index is 13.2. The summed E-state index contributed by atoms with van der Waals surface area (Å²) in [6.45, 7) is 1.90. The first-order valence-electron chi connectivity index (χ1n) is 4.42. The summed E-state index contributed by atoms with van der Waals surface area (Å²) in [6, 6.07) is 1.88. The third-order valence-electron chi connectivity index (χ3n) is 1.79. The minimum atomic E-state index is -0.757. The predicted molar refractivity (Wildman–Crippen MR) is 55.8 cm³/mol. The second kappa shape index (κ2) is 5.42. The van der Waals surface area contributed by atoms with Crippen LogP contribution in [0.4, 0.5) is 8.78 Å². The fraction of sp³-hybridized carbons (Fsp3) is 0.400. The molecule has 0 spiro atoms. The van der Waals surface area contributed by atoms with E-state index in [0.717, 1.165) is 12.1 Å². The molecular weight excluding hydrogens is 270 g/mol. The highest BCUT2D eigenvalue weighted by atomic mass is 79.9. The van der Waals surface area contributed by atoms with Crippen LogP contribution >= 0.6 is 15.9 Å². The fourth-order valence-electron chi connectivity index (χ4n) is 0.945. The summed E-state index contributed by atoms with van der Waals surface area (Å²) < 4.78 is 31.3. The third-order valence-corrected chi connectivity index (χ3v) is 2.38. The van der Waals surface area contributed by atoms with Crippen molar-refractivity contribution < 1.29 is 18.6 Å². The van der Waals surface area contributed by atoms with Crippen LogP contribution in [0.15, 0.2) is 16.6 Å². The Hall–Kier alpha value is -0.680. The van der Waals surface area contributed by atoms with Gasteiger partial charge in [-0.3, -0.25) is 0 Å². The van der Waals surface area contributed by atoms with Crippen molar-refractivity contribution in [3.63, 3.8) is 0 Å². The molecule has 1 atom stereocenters. The van der Waals surface area contributed by atoms with Gasteiger partial charge in [-0.15, -0.1) is 0 Å². The Balaban J connectivity index is 2.77. The highest BCUT2D eigenvalue weighted by molar-refractivity contribution is 9.10. The van der Waals surface area contributed by atoms with Gasteiger partial charge in [0.2, 0.25) is 0 Å². The second-order valence-electron chi connectivity index (χ2n) is 3.30. The number of ether oxygens (including phenoxy) is 1. The maximum Gasteiger partial charge on any atom is 0.169 e. The van der Waals surface area contributed by atoms with E-state index in [4.69, 9.17) is 9.84 Å². The molecule has 84 valence electrons. The molecule has 0 heterocycles. The lowest BCUT2D eigenvalue weighted by molar-refractivity contribution is 0.170. The van der Waals surface area contributed by atoms with Gasteiger partial charge in [-0.25, -0.2) is 8.78 Å². The summed E-state index contributed by atoms with van der Waals surface area (Å²) in [6.07, 6.45) is 0. The molecule has 1 aromatic carbocycles. The number of hydrogen-bond acceptors (Lipinski definition) is 2. The van der Waals surface area contributed by atoms with Gasteiger partial charge in [0.1, 0.15) is 5.82 Å². The average Bonchev–Trinajstić information content (AvgIpc) is 2.15. The van der Waals surface area contributed by atoms with E-state index >= 15 is 0 Å². The normalized spacial score (nSPS) is 12.6. The lowest BCUT2D eigenvalue weighted by atomic mass is 10.2. The number of hydrogen-bond donors (Lipinski definition) is 1. The van der Waals surface area contributed by atoms with E-state index in [2.05, 4.69) is 15.9 Å². The van der Waals surface area contributed by atoms with Crippen LogP contribution < -0.4 is 4.74 Å². The molecule has 2 nitrogen and oxygen atoms in total. The zero-order valence-corrected chi connectivity index (χ0v) is 9.72. The predicted octanol–water partition coefficient (Wildman–Crippen LogP) is 2.73. The lowest BCUT2D eigenvalue weighted by Gasteiger charge is -2.12. The van der Waals surface area contributed by atoms with Gasteiger partial charge in [-0.1, -0.05) is 6.92 Å². The lowest BCUT2D eigenvalue weighted by Crippen LogP contribution is -2.13. The van der Waals surface area contributed by atoms with Gasteiger partial charge in [0, 0.05) is 18.6 Å². The van der Waals surface area contributed by atoms with Crippen LogP contribution in [0, 0.1) is 17.6 Å². The monoisotopic (exact) mass is 280 g/mol. The minimum absolute atomic E-state index is 0.0308. The van der Waals surface area contributed by atoms with Gasteiger partial charge in [0.05, 0.1) is 11.1 Å². The van der Waals surface area contributed by atoms with E-state index in [1.165, 1.54) is 0 Å². The second-order valence-corrected chi connectivity index (χ2v) is 4.15. The average molecular weight is 281 g/mol. The summed E-state index contributed by atoms with van der Waals surface area (Å²) in [5.74, 6) is -1.55. The van der Waals surface area contributed by atoms with Gasteiger partial charge < -0.3 is 9.84 Å². The molecule has 5 heteroatoms. The van der Waals surface area contributed by atoms with Crippen LogP contribution in [0.2, 0.25) is 0 Å². The van der Waals surface area contributed by atoms with Crippen LogP contribution in [0.25, 0.3) is 0 Å². The first-order chi connectivity index (χ1) is 7.04. The topological polar surface area (TPSA) is 29.5 Å². The molecule has 0 aliphatic carbocycles. The van der Waals surface area contributed by atoms with Crippen LogP contribution in [0.5, 0.6) is 5.75 Å². The van der Waals surface area contributed by atoms with Gasteiger partial charge in [0.25, 0.3) is 0 Å². The van der Waals surface area contributed by atoms with Crippen LogP contribution in [-0.4, -0.2) is 18.3 Å². The Labute approximate surface area is 95.0 Å². The Morgan fingerprint density at radius 1 is 1.47 bits per heavy atom. The van der Waals surface area contributed by atoms with Gasteiger partial charge in [-0.2, -0.15) is 0 Å². The number of halogens is 3. The van der Waals surface area contributed by atoms with Gasteiger partial charge in [-0.05, 0) is 22.0 Å². The minimum Gasteiger partial charge on any atom is -0.489 e. The van der Waals surface area contributed by atoms with Gasteiger partial charge >= 0.3 is 0 Å². The van der Waals surface area contributed by atoms with Crippen LogP contribution in [0.3, 0.4) is 0 Å². The molecule has 0 fully saturated rings. The summed E-state index contributed by atoms with van der Waals surface area (Å²) >= 11 is 3.00. The molecular formula is C10H11BrF2O2. The van der Waals surface area contributed by atoms with E-state index in [0.29, 0.717) is 0 Å². The smallest absolute Gasteiger partial charge is 0.169 e. The Bertz CT molecular complexity index is 321. The first-order valence-corrected chi connectivity index (χ1v) is 5.22. The molecule has 0 amide bonds. The molecule has 0 saturated carbocycles. The Morgan fingerprint density at radius 2 is 2.13 bits per heavy atom. The molecule has 0 aromatic heterocycles. The molecule has 1 rings (SSSR count). The quantitative estimate of drug-likeness (QED) is 0.919. The summed E-state index contributed by atoms with van der Waals surface area (Å²) in [5.41, 5.74) is 0. The number of rotatable bonds is 4. The largest absolute Gasteiger partial charge is 0.489 e. The molecule has 0 radical (unpaired) electrons. The van der Waals surface area contributed by atoms with Crippen molar-refractivity contribution in [1.29, 1.82) is 0 Å². The highest BCUT2D eigenvalue weighted by Crippen LogP contribution is 2.29. The van der Waals surface area contributed by atoms with Crippen molar-refractivity contribution in [1.82, 2.24) is 0 Å². The fourth-order valence-corrected chi connectivity index (χ4v) is 1.47. The molecule has 0 bridgehead atoms. The van der Waals surface area contributed by atoms with E-state index < -0.39 is 11.6 Å². The third kappa shape index (κ3) is 3.43. The van der Waals surface area contributed by atoms with Crippen LogP contribution in [-0.2, 0) is 0 Å². The van der Waals surface area contributed by atoms with E-state index in [-0.39, 0.29) is 29.4 Å².